The number of rotatable bonds is 6. The lowest BCUT2D eigenvalue weighted by Crippen LogP contribution is -2.25. The molecule has 1 aliphatic heterocycles. The fraction of sp³-hybridized carbons (Fsp3) is 0.0164. The van der Waals surface area contributed by atoms with Crippen LogP contribution in [0.15, 0.2) is 237 Å². The molecule has 10 aromatic carbocycles. The number of hydrogen-bond donors (Lipinski definition) is 0. The molecule has 64 heavy (non-hydrogen) atoms. The molecule has 1 spiro atoms. The van der Waals surface area contributed by atoms with Crippen LogP contribution in [0.25, 0.3) is 55.6 Å². The van der Waals surface area contributed by atoms with Gasteiger partial charge in [0.05, 0.1) is 11.1 Å². The minimum atomic E-state index is -0.507. The molecule has 3 heteroatoms. The largest absolute Gasteiger partial charge is 0.449 e. The van der Waals surface area contributed by atoms with Gasteiger partial charge in [0, 0.05) is 11.4 Å². The predicted molar refractivity (Wildman–Crippen MR) is 260 cm³/mol. The molecule has 0 unspecified atom stereocenters. The summed E-state index contributed by atoms with van der Waals surface area (Å²) in [4.78, 5) is 2.33. The summed E-state index contributed by atoms with van der Waals surface area (Å²) < 4.78 is 14.3. The van der Waals surface area contributed by atoms with E-state index in [4.69, 9.17) is 9.47 Å². The monoisotopic (exact) mass is 817 g/mol. The van der Waals surface area contributed by atoms with Gasteiger partial charge in [-0.2, -0.15) is 0 Å². The molecule has 0 saturated carbocycles. The summed E-state index contributed by atoms with van der Waals surface area (Å²) in [5.41, 5.74) is 19.1. The zero-order chi connectivity index (χ0) is 42.2. The second-order valence-corrected chi connectivity index (χ2v) is 16.8. The van der Waals surface area contributed by atoms with Crippen LogP contribution in [0, 0.1) is 0 Å². The number of benzene rings is 10. The maximum Gasteiger partial charge on any atom is 0.194 e. The summed E-state index contributed by atoms with van der Waals surface area (Å²) in [7, 11) is 0. The Labute approximate surface area is 372 Å². The van der Waals surface area contributed by atoms with Crippen LogP contribution in [-0.2, 0) is 5.41 Å². The number of ether oxygens (including phenoxy) is 2. The van der Waals surface area contributed by atoms with Crippen molar-refractivity contribution in [3.8, 4) is 78.6 Å². The molecule has 0 fully saturated rings. The van der Waals surface area contributed by atoms with E-state index in [1.54, 1.807) is 0 Å². The quantitative estimate of drug-likeness (QED) is 0.167. The van der Waals surface area contributed by atoms with Crippen LogP contribution < -0.4 is 14.4 Å². The Kier molecular flexibility index (Phi) is 8.13. The summed E-state index contributed by atoms with van der Waals surface area (Å²) in [6, 6.07) is 84.8. The van der Waals surface area contributed by atoms with E-state index in [1.807, 2.05) is 6.07 Å². The average molecular weight is 818 g/mol. The molecule has 300 valence electrons. The highest BCUT2D eigenvalue weighted by molar-refractivity contribution is 5.96. The number of para-hydroxylation sites is 1. The minimum Gasteiger partial charge on any atom is -0.449 e. The molecule has 2 aliphatic carbocycles. The van der Waals surface area contributed by atoms with E-state index >= 15 is 0 Å². The van der Waals surface area contributed by atoms with Crippen molar-refractivity contribution in [1.82, 2.24) is 0 Å². The maximum absolute atomic E-state index is 7.31. The lowest BCUT2D eigenvalue weighted by Gasteiger charge is -2.33. The number of hydrogen-bond acceptors (Lipinski definition) is 3. The summed E-state index contributed by atoms with van der Waals surface area (Å²) >= 11 is 0. The number of fused-ring (bicyclic) bond motifs is 12. The van der Waals surface area contributed by atoms with E-state index in [1.165, 1.54) is 38.9 Å². The third-order valence-electron chi connectivity index (χ3n) is 13.3. The zero-order valence-corrected chi connectivity index (χ0v) is 34.8. The lowest BCUT2D eigenvalue weighted by molar-refractivity contribution is 0.360. The first kappa shape index (κ1) is 36.3. The first-order valence-electron chi connectivity index (χ1n) is 21.9. The number of anilines is 3. The molecule has 0 N–H and O–H groups in total. The van der Waals surface area contributed by atoms with Gasteiger partial charge >= 0.3 is 0 Å². The van der Waals surface area contributed by atoms with Crippen molar-refractivity contribution in [2.75, 3.05) is 4.90 Å². The summed E-state index contributed by atoms with van der Waals surface area (Å²) in [5, 5.41) is 0. The number of nitrogens with zero attached hydrogens (tertiary/aromatic N) is 1. The van der Waals surface area contributed by atoms with Gasteiger partial charge < -0.3 is 14.4 Å². The Balaban J connectivity index is 1.02. The molecule has 1 heterocycles. The van der Waals surface area contributed by atoms with Crippen molar-refractivity contribution in [1.29, 1.82) is 0 Å². The van der Waals surface area contributed by atoms with Crippen LogP contribution in [0.5, 0.6) is 23.0 Å². The minimum absolute atomic E-state index is 0.507. The van der Waals surface area contributed by atoms with Crippen LogP contribution in [0.2, 0.25) is 0 Å². The van der Waals surface area contributed by atoms with Crippen LogP contribution in [0.1, 0.15) is 22.3 Å². The van der Waals surface area contributed by atoms with Crippen LogP contribution in [0.4, 0.5) is 17.1 Å². The van der Waals surface area contributed by atoms with Gasteiger partial charge in [0.1, 0.15) is 0 Å². The van der Waals surface area contributed by atoms with Crippen molar-refractivity contribution < 1.29 is 9.47 Å². The van der Waals surface area contributed by atoms with Crippen molar-refractivity contribution in [2.24, 2.45) is 0 Å². The third-order valence-corrected chi connectivity index (χ3v) is 13.3. The van der Waals surface area contributed by atoms with Gasteiger partial charge in [0.25, 0.3) is 0 Å². The Hall–Kier alpha value is -8.40. The van der Waals surface area contributed by atoms with E-state index in [0.717, 1.165) is 56.0 Å². The topological polar surface area (TPSA) is 21.7 Å². The predicted octanol–water partition coefficient (Wildman–Crippen LogP) is 16.4. The second kappa shape index (κ2) is 14.3. The van der Waals surface area contributed by atoms with Gasteiger partial charge in [0.2, 0.25) is 0 Å². The SMILES string of the molecule is c1ccc(-c2cccc(N(c3cc(-c4ccccc4)cc(-c4ccccc4)c3)c3cccc4c3Oc3cc5c(cc3O4)-c3ccccc3C53c4ccccc4-c4ccccc43)c2)cc1. The van der Waals surface area contributed by atoms with E-state index in [0.29, 0.717) is 23.0 Å². The second-order valence-electron chi connectivity index (χ2n) is 16.8. The van der Waals surface area contributed by atoms with E-state index in [9.17, 15) is 0 Å². The molecule has 0 amide bonds. The molecule has 0 atom stereocenters. The Morgan fingerprint density at radius 2 is 0.750 bits per heavy atom. The van der Waals surface area contributed by atoms with Crippen LogP contribution >= 0.6 is 0 Å². The van der Waals surface area contributed by atoms with Crippen molar-refractivity contribution in [3.05, 3.63) is 259 Å². The fourth-order valence-corrected chi connectivity index (χ4v) is 10.6. The van der Waals surface area contributed by atoms with Gasteiger partial charge in [-0.25, -0.2) is 0 Å². The summed E-state index contributed by atoms with van der Waals surface area (Å²) in [5.74, 6) is 2.70. The van der Waals surface area contributed by atoms with Crippen LogP contribution in [0.3, 0.4) is 0 Å². The van der Waals surface area contributed by atoms with Crippen molar-refractivity contribution >= 4 is 17.1 Å². The third kappa shape index (κ3) is 5.47. The van der Waals surface area contributed by atoms with Gasteiger partial charge in [-0.05, 0) is 132 Å². The van der Waals surface area contributed by atoms with Gasteiger partial charge in [-0.15, -0.1) is 0 Å². The Morgan fingerprint density at radius 1 is 0.281 bits per heavy atom. The highest BCUT2D eigenvalue weighted by Crippen LogP contribution is 2.65. The summed E-state index contributed by atoms with van der Waals surface area (Å²) in [6.45, 7) is 0. The summed E-state index contributed by atoms with van der Waals surface area (Å²) in [6.07, 6.45) is 0. The van der Waals surface area contributed by atoms with Crippen molar-refractivity contribution in [2.45, 2.75) is 5.41 Å². The van der Waals surface area contributed by atoms with Gasteiger partial charge in [-0.3, -0.25) is 0 Å². The zero-order valence-electron chi connectivity index (χ0n) is 34.8. The molecule has 0 bridgehead atoms. The van der Waals surface area contributed by atoms with E-state index in [2.05, 4.69) is 235 Å². The average Bonchev–Trinajstić information content (AvgIpc) is 3.83. The molecule has 0 saturated heterocycles. The van der Waals surface area contributed by atoms with E-state index in [-0.39, 0.29) is 0 Å². The van der Waals surface area contributed by atoms with Crippen molar-refractivity contribution in [3.63, 3.8) is 0 Å². The van der Waals surface area contributed by atoms with E-state index < -0.39 is 5.41 Å². The lowest BCUT2D eigenvalue weighted by atomic mass is 9.70. The Bertz CT molecular complexity index is 3350. The van der Waals surface area contributed by atoms with Gasteiger partial charge in [-0.1, -0.05) is 182 Å². The molecular formula is C61H39NO2. The van der Waals surface area contributed by atoms with Gasteiger partial charge in [0.15, 0.2) is 23.0 Å². The molecule has 3 nitrogen and oxygen atoms in total. The molecule has 3 aliphatic rings. The molecule has 0 radical (unpaired) electrons. The molecule has 10 aromatic rings. The maximum atomic E-state index is 7.31. The molecule has 13 rings (SSSR count). The normalized spacial score (nSPS) is 13.1. The highest BCUT2D eigenvalue weighted by atomic mass is 16.6. The Morgan fingerprint density at radius 3 is 1.34 bits per heavy atom. The first-order valence-corrected chi connectivity index (χ1v) is 21.9. The smallest absolute Gasteiger partial charge is 0.194 e. The molecule has 0 aromatic heterocycles. The first-order chi connectivity index (χ1) is 31.7. The highest BCUT2D eigenvalue weighted by Gasteiger charge is 2.52. The molecular weight excluding hydrogens is 779 g/mol. The van der Waals surface area contributed by atoms with Crippen LogP contribution in [-0.4, -0.2) is 0 Å². The fourth-order valence-electron chi connectivity index (χ4n) is 10.6. The standard InChI is InChI=1S/C61H39NO2/c1-4-18-40(19-5-1)43-24-16-25-46(35-43)62(47-36-44(41-20-6-2-7-21-41)34-45(37-47)42-22-8-3-9-23-42)56-32-17-33-57-60(56)64-59-39-55-51(38-58(59)63-57)50-28-12-15-31-54(50)61(55)52-29-13-10-26-48(52)49-27-11-14-30-53(49)61/h1-39H.